The van der Waals surface area contributed by atoms with Gasteiger partial charge in [-0.05, 0) is 6.07 Å². The normalized spacial score (nSPS) is 11.1. The number of aryl methyl sites for hydroxylation is 1. The van der Waals surface area contributed by atoms with Crippen LogP contribution in [-0.4, -0.2) is 27.2 Å². The minimum Gasteiger partial charge on any atom is -0.379 e. The van der Waals surface area contributed by atoms with Crippen LogP contribution in [0.1, 0.15) is 5.69 Å². The Hall–Kier alpha value is -1.61. The van der Waals surface area contributed by atoms with Crippen molar-refractivity contribution in [2.75, 3.05) is 32.5 Å². The summed E-state index contributed by atoms with van der Waals surface area (Å²) < 4.78 is 0. The summed E-state index contributed by atoms with van der Waals surface area (Å²) in [6.45, 7) is 4.20. The Kier molecular flexibility index (Phi) is 3.59. The number of nitrogens with one attached hydrogen (secondary N) is 3. The Morgan fingerprint density at radius 1 is 1.24 bits per heavy atom. The molecule has 1 aromatic carbocycles. The molecular weight excluding hydrogens is 210 g/mol. The quantitative estimate of drug-likeness (QED) is 0.789. The molecule has 0 amide bonds. The first-order chi connectivity index (χ1) is 8.16. The summed E-state index contributed by atoms with van der Waals surface area (Å²) >= 11 is 0. The molecule has 90 valence electrons. The molecule has 2 rings (SSSR count). The van der Waals surface area contributed by atoms with Gasteiger partial charge < -0.3 is 10.2 Å². The van der Waals surface area contributed by atoms with E-state index in [4.69, 9.17) is 0 Å². The van der Waals surface area contributed by atoms with Gasteiger partial charge in [0.25, 0.3) is 0 Å². The second-order valence-electron chi connectivity index (χ2n) is 4.80. The number of para-hydroxylation sites is 1. The van der Waals surface area contributed by atoms with Crippen LogP contribution in [-0.2, 0) is 0 Å². The minimum absolute atomic E-state index is 0.996. The van der Waals surface area contributed by atoms with E-state index in [1.165, 1.54) is 27.2 Å². The summed E-state index contributed by atoms with van der Waals surface area (Å²) in [7, 11) is 4.34. The third kappa shape index (κ3) is 2.94. The van der Waals surface area contributed by atoms with Crippen LogP contribution in [0.25, 0.3) is 10.9 Å². The van der Waals surface area contributed by atoms with E-state index in [1.54, 1.807) is 0 Å². The average Bonchev–Trinajstić information content (AvgIpc) is 2.28. The topological polar surface area (TPSA) is 30.6 Å². The van der Waals surface area contributed by atoms with Gasteiger partial charge in [0, 0.05) is 19.1 Å². The fourth-order valence-electron chi connectivity index (χ4n) is 1.96. The zero-order valence-electron chi connectivity index (χ0n) is 10.8. The molecule has 0 saturated heterocycles. The smallest absolute Gasteiger partial charge is 0.213 e. The van der Waals surface area contributed by atoms with Gasteiger partial charge in [-0.2, -0.15) is 0 Å². The predicted molar refractivity (Wildman–Crippen MR) is 71.4 cm³/mol. The molecule has 0 saturated carbocycles. The molecule has 3 heteroatoms. The molecule has 0 bridgehead atoms. The van der Waals surface area contributed by atoms with Crippen LogP contribution < -0.4 is 15.2 Å². The lowest BCUT2D eigenvalue weighted by Gasteiger charge is -2.10. The first-order valence-electron chi connectivity index (χ1n) is 6.11. The predicted octanol–water partition coefficient (Wildman–Crippen LogP) is 0.519. The molecule has 0 aliphatic carbocycles. The van der Waals surface area contributed by atoms with Crippen LogP contribution in [0, 0.1) is 6.92 Å². The van der Waals surface area contributed by atoms with Crippen LogP contribution in [0.3, 0.4) is 0 Å². The Morgan fingerprint density at radius 3 is 2.76 bits per heavy atom. The molecule has 0 aliphatic heterocycles. The fraction of sp³-hybridized carbons (Fsp3) is 0.357. The highest BCUT2D eigenvalue weighted by atomic mass is 15.1. The van der Waals surface area contributed by atoms with Gasteiger partial charge in [-0.1, -0.05) is 12.1 Å². The molecule has 0 radical (unpaired) electrons. The van der Waals surface area contributed by atoms with Gasteiger partial charge >= 0.3 is 0 Å². The van der Waals surface area contributed by atoms with E-state index >= 15 is 0 Å². The maximum atomic E-state index is 3.52. The van der Waals surface area contributed by atoms with Crippen molar-refractivity contribution < 1.29 is 9.88 Å². The number of aromatic nitrogens is 1. The van der Waals surface area contributed by atoms with E-state index in [0.29, 0.717) is 0 Å². The zero-order valence-corrected chi connectivity index (χ0v) is 10.8. The Labute approximate surface area is 102 Å². The number of anilines is 1. The van der Waals surface area contributed by atoms with Gasteiger partial charge in [0.1, 0.15) is 0 Å². The highest BCUT2D eigenvalue weighted by Gasteiger charge is 2.07. The number of likely N-dealkylation sites (N-methyl/N-ethyl adjacent to an activating group) is 1. The molecule has 0 unspecified atom stereocenters. The Bertz CT molecular complexity index is 506. The van der Waals surface area contributed by atoms with Crippen LogP contribution in [0.15, 0.2) is 30.3 Å². The number of aromatic amines is 1. The number of hydrogen-bond acceptors (Lipinski definition) is 1. The maximum Gasteiger partial charge on any atom is 0.213 e. The summed E-state index contributed by atoms with van der Waals surface area (Å²) in [5.74, 6) is 0. The van der Waals surface area contributed by atoms with Gasteiger partial charge in [0.15, 0.2) is 5.69 Å². The molecule has 0 fully saturated rings. The maximum absolute atomic E-state index is 3.52. The fourth-order valence-corrected chi connectivity index (χ4v) is 1.96. The van der Waals surface area contributed by atoms with Crippen molar-refractivity contribution in [1.29, 1.82) is 0 Å². The molecule has 1 aromatic heterocycles. The molecule has 1 heterocycles. The summed E-state index contributed by atoms with van der Waals surface area (Å²) in [4.78, 5) is 4.84. The second kappa shape index (κ2) is 5.15. The summed E-state index contributed by atoms with van der Waals surface area (Å²) in [5.41, 5.74) is 3.59. The van der Waals surface area contributed by atoms with Crippen LogP contribution >= 0.6 is 0 Å². The van der Waals surface area contributed by atoms with E-state index in [9.17, 15) is 0 Å². The highest BCUT2D eigenvalue weighted by molar-refractivity contribution is 5.89. The van der Waals surface area contributed by atoms with Crippen molar-refractivity contribution in [3.05, 3.63) is 36.0 Å². The van der Waals surface area contributed by atoms with E-state index in [1.807, 2.05) is 0 Å². The van der Waals surface area contributed by atoms with E-state index in [0.717, 1.165) is 13.1 Å². The van der Waals surface area contributed by atoms with Gasteiger partial charge in [-0.25, -0.2) is 4.98 Å². The van der Waals surface area contributed by atoms with Crippen molar-refractivity contribution in [2.45, 2.75) is 6.92 Å². The van der Waals surface area contributed by atoms with Crippen molar-refractivity contribution in [1.82, 2.24) is 0 Å². The number of hydrogen-bond donors (Lipinski definition) is 2. The molecular formula is C14H21N3+2. The number of benzene rings is 1. The van der Waals surface area contributed by atoms with Crippen molar-refractivity contribution >= 4 is 16.6 Å². The molecule has 3 nitrogen and oxygen atoms in total. The number of quaternary nitrogens is 1. The SMILES string of the molecule is Cc1cc(NCC[NH+](C)C)c2ccccc2[nH+]1. The van der Waals surface area contributed by atoms with Crippen molar-refractivity contribution in [2.24, 2.45) is 0 Å². The van der Waals surface area contributed by atoms with Gasteiger partial charge in [-0.3, -0.25) is 0 Å². The van der Waals surface area contributed by atoms with E-state index < -0.39 is 0 Å². The Morgan fingerprint density at radius 2 is 2.00 bits per heavy atom. The second-order valence-corrected chi connectivity index (χ2v) is 4.80. The van der Waals surface area contributed by atoms with E-state index in [-0.39, 0.29) is 0 Å². The number of H-pyrrole nitrogens is 1. The first kappa shape index (κ1) is 11.9. The van der Waals surface area contributed by atoms with Crippen molar-refractivity contribution in [3.63, 3.8) is 0 Å². The van der Waals surface area contributed by atoms with Crippen LogP contribution in [0.2, 0.25) is 0 Å². The largest absolute Gasteiger partial charge is 0.379 e. The molecule has 0 spiro atoms. The first-order valence-corrected chi connectivity index (χ1v) is 6.11. The van der Waals surface area contributed by atoms with Gasteiger partial charge in [0.2, 0.25) is 5.52 Å². The van der Waals surface area contributed by atoms with Gasteiger partial charge in [-0.15, -0.1) is 0 Å². The Balaban J connectivity index is 2.26. The zero-order chi connectivity index (χ0) is 12.3. The summed E-state index contributed by atoms with van der Waals surface area (Å²) in [6.07, 6.45) is 0. The average molecular weight is 231 g/mol. The number of fused-ring (bicyclic) bond motifs is 1. The number of rotatable bonds is 4. The van der Waals surface area contributed by atoms with Gasteiger partial charge in [0.05, 0.1) is 38.3 Å². The third-order valence-electron chi connectivity index (χ3n) is 2.85. The van der Waals surface area contributed by atoms with E-state index in [2.05, 4.69) is 61.7 Å². The highest BCUT2D eigenvalue weighted by Crippen LogP contribution is 2.19. The molecule has 3 N–H and O–H groups in total. The molecule has 0 aliphatic rings. The van der Waals surface area contributed by atoms with Crippen LogP contribution in [0.4, 0.5) is 5.69 Å². The lowest BCUT2D eigenvalue weighted by Crippen LogP contribution is -3.06. The number of pyridine rings is 1. The minimum atomic E-state index is 0.996. The molecule has 0 atom stereocenters. The third-order valence-corrected chi connectivity index (χ3v) is 2.85. The lowest BCUT2D eigenvalue weighted by molar-refractivity contribution is -0.856. The van der Waals surface area contributed by atoms with Crippen molar-refractivity contribution in [3.8, 4) is 0 Å². The monoisotopic (exact) mass is 231 g/mol. The lowest BCUT2D eigenvalue weighted by atomic mass is 10.1. The van der Waals surface area contributed by atoms with Crippen LogP contribution in [0.5, 0.6) is 0 Å². The molecule has 2 aromatic rings. The molecule has 17 heavy (non-hydrogen) atoms. The standard InChI is InChI=1S/C14H19N3/c1-11-10-14(15-8-9-17(2)3)12-6-4-5-7-13(12)16-11/h4-7,10H,8-9H2,1-3H3,(H,15,16)/p+2. The summed E-state index contributed by atoms with van der Waals surface area (Å²) in [5, 5.41) is 4.78. The summed E-state index contributed by atoms with van der Waals surface area (Å²) in [6, 6.07) is 10.6.